The molecule has 0 fully saturated rings. The Balaban J connectivity index is 3.93. The van der Waals surface area contributed by atoms with Crippen molar-refractivity contribution in [1.29, 1.82) is 0 Å². The Morgan fingerprint density at radius 3 is 0.420 bits per heavy atom. The number of rotatable bonds is 46. The Bertz CT molecular complexity index is 525. The average molecular weight is 704 g/mol. The van der Waals surface area contributed by atoms with Gasteiger partial charge in [0, 0.05) is 0 Å². The molecule has 0 saturated carbocycles. The van der Waals surface area contributed by atoms with Gasteiger partial charge in [0.25, 0.3) is 0 Å². The Morgan fingerprint density at radius 2 is 0.280 bits per heavy atom. The first kappa shape index (κ1) is 50.0. The zero-order valence-electron chi connectivity index (χ0n) is 36.0. The number of hydrogen-bond donors (Lipinski definition) is 0. The molecule has 302 valence electrons. The largest absolute Gasteiger partial charge is 0.303 e. The Labute approximate surface area is 320 Å². The van der Waals surface area contributed by atoms with E-state index in [1.165, 1.54) is 296 Å². The van der Waals surface area contributed by atoms with Crippen LogP contribution in [0.5, 0.6) is 0 Å². The van der Waals surface area contributed by atoms with Gasteiger partial charge in [-0.3, -0.25) is 0 Å². The minimum Gasteiger partial charge on any atom is -0.303 e. The maximum absolute atomic E-state index is 2.88. The van der Waals surface area contributed by atoms with Gasteiger partial charge in [-0.2, -0.15) is 0 Å². The third-order valence-electron chi connectivity index (χ3n) is 11.7. The van der Waals surface area contributed by atoms with Gasteiger partial charge in [0.15, 0.2) is 0 Å². The summed E-state index contributed by atoms with van der Waals surface area (Å²) in [4.78, 5) is 2.88. The fourth-order valence-corrected chi connectivity index (χ4v) is 8.10. The molecule has 0 aliphatic heterocycles. The molecule has 0 atom stereocenters. The molecule has 0 unspecified atom stereocenters. The molecule has 0 aliphatic rings. The van der Waals surface area contributed by atoms with E-state index in [-0.39, 0.29) is 0 Å². The monoisotopic (exact) mass is 704 g/mol. The summed E-state index contributed by atoms with van der Waals surface area (Å²) in [5, 5.41) is 0. The van der Waals surface area contributed by atoms with Gasteiger partial charge in [0.1, 0.15) is 0 Å². The van der Waals surface area contributed by atoms with Gasteiger partial charge in [-0.15, -0.1) is 0 Å². The molecule has 0 rings (SSSR count). The smallest absolute Gasteiger partial charge is 0.00187 e. The Morgan fingerprint density at radius 1 is 0.160 bits per heavy atom. The fourth-order valence-electron chi connectivity index (χ4n) is 8.10. The second-order valence-electron chi connectivity index (χ2n) is 17.0. The summed E-state index contributed by atoms with van der Waals surface area (Å²) in [7, 11) is 0. The van der Waals surface area contributed by atoms with Crippen molar-refractivity contribution in [1.82, 2.24) is 4.90 Å². The summed E-state index contributed by atoms with van der Waals surface area (Å²) in [5.74, 6) is 0. The summed E-state index contributed by atoms with van der Waals surface area (Å²) >= 11 is 0. The first-order valence-corrected chi connectivity index (χ1v) is 24.6. The van der Waals surface area contributed by atoms with Crippen molar-refractivity contribution in [2.24, 2.45) is 0 Å². The molecule has 0 spiro atoms. The van der Waals surface area contributed by atoms with Crippen molar-refractivity contribution < 1.29 is 0 Å². The number of hydrogen-bond acceptors (Lipinski definition) is 1. The topological polar surface area (TPSA) is 3.24 Å². The maximum Gasteiger partial charge on any atom is -0.00187 e. The van der Waals surface area contributed by atoms with Crippen LogP contribution in [0.15, 0.2) is 0 Å². The van der Waals surface area contributed by atoms with E-state index in [1.54, 1.807) is 0 Å². The molecule has 0 aromatic rings. The van der Waals surface area contributed by atoms with Crippen LogP contribution in [-0.4, -0.2) is 24.5 Å². The van der Waals surface area contributed by atoms with Crippen LogP contribution in [0.1, 0.15) is 297 Å². The predicted molar refractivity (Wildman–Crippen MR) is 232 cm³/mol. The summed E-state index contributed by atoms with van der Waals surface area (Å²) in [6.07, 6.45) is 63.1. The van der Waals surface area contributed by atoms with Gasteiger partial charge in [0.2, 0.25) is 0 Å². The lowest BCUT2D eigenvalue weighted by Crippen LogP contribution is -2.27. The highest BCUT2D eigenvalue weighted by Crippen LogP contribution is 2.17. The SMILES string of the molecule is CCCCCCCCCCCCCCCCCN(CCCCCCCCCCCCCCCC)CCCCCCCCCCCCCCCC. The van der Waals surface area contributed by atoms with E-state index < -0.39 is 0 Å². The quantitative estimate of drug-likeness (QED) is 0.0571. The van der Waals surface area contributed by atoms with Crippen LogP contribution in [-0.2, 0) is 0 Å². The molecule has 0 aliphatic carbocycles. The third kappa shape index (κ3) is 44.1. The van der Waals surface area contributed by atoms with Crippen LogP contribution in [0.25, 0.3) is 0 Å². The maximum atomic E-state index is 2.88. The molecule has 0 N–H and O–H groups in total. The van der Waals surface area contributed by atoms with Crippen LogP contribution in [0.4, 0.5) is 0 Å². The van der Waals surface area contributed by atoms with E-state index in [0.717, 1.165) is 0 Å². The van der Waals surface area contributed by atoms with E-state index in [1.807, 2.05) is 0 Å². The molecule has 50 heavy (non-hydrogen) atoms. The molecule has 0 saturated heterocycles. The van der Waals surface area contributed by atoms with Crippen LogP contribution >= 0.6 is 0 Å². The molecule has 0 amide bonds. The highest BCUT2D eigenvalue weighted by Gasteiger charge is 2.05. The van der Waals surface area contributed by atoms with Gasteiger partial charge in [-0.05, 0) is 38.9 Å². The molecule has 0 radical (unpaired) electrons. The summed E-state index contributed by atoms with van der Waals surface area (Å²) in [6, 6.07) is 0. The van der Waals surface area contributed by atoms with Crippen molar-refractivity contribution >= 4 is 0 Å². The molecular formula is C49H101N. The molecule has 1 nitrogen and oxygen atoms in total. The zero-order chi connectivity index (χ0) is 36.1. The fraction of sp³-hybridized carbons (Fsp3) is 1.00. The molecule has 0 aromatic heterocycles. The average Bonchev–Trinajstić information content (AvgIpc) is 3.13. The Kier molecular flexibility index (Phi) is 46.9. The van der Waals surface area contributed by atoms with E-state index in [9.17, 15) is 0 Å². The van der Waals surface area contributed by atoms with Crippen LogP contribution < -0.4 is 0 Å². The van der Waals surface area contributed by atoms with E-state index in [0.29, 0.717) is 0 Å². The highest BCUT2D eigenvalue weighted by atomic mass is 15.1. The van der Waals surface area contributed by atoms with Crippen LogP contribution in [0.3, 0.4) is 0 Å². The Hall–Kier alpha value is -0.0400. The van der Waals surface area contributed by atoms with Crippen molar-refractivity contribution in [3.8, 4) is 0 Å². The summed E-state index contributed by atoms with van der Waals surface area (Å²) in [6.45, 7) is 11.1. The van der Waals surface area contributed by atoms with Crippen molar-refractivity contribution in [3.05, 3.63) is 0 Å². The van der Waals surface area contributed by atoms with Crippen molar-refractivity contribution in [3.63, 3.8) is 0 Å². The second-order valence-corrected chi connectivity index (χ2v) is 17.0. The number of unbranched alkanes of at least 4 members (excludes halogenated alkanes) is 40. The first-order chi connectivity index (χ1) is 24.8. The minimum atomic E-state index is 1.37. The third-order valence-corrected chi connectivity index (χ3v) is 11.7. The van der Waals surface area contributed by atoms with Gasteiger partial charge >= 0.3 is 0 Å². The van der Waals surface area contributed by atoms with Gasteiger partial charge < -0.3 is 4.90 Å². The predicted octanol–water partition coefficient (Wildman–Crippen LogP) is 18.1. The summed E-state index contributed by atoms with van der Waals surface area (Å²) in [5.41, 5.74) is 0. The van der Waals surface area contributed by atoms with Crippen molar-refractivity contribution in [2.45, 2.75) is 297 Å². The standard InChI is InChI=1S/C49H101N/c1-4-7-10-13-16-19-22-25-28-31-34-37-40-43-46-49-50(47-44-41-38-35-32-29-26-23-20-17-14-11-8-5-2)48-45-42-39-36-33-30-27-24-21-18-15-12-9-6-3/h4-49H2,1-3H3. The van der Waals surface area contributed by atoms with Gasteiger partial charge in [-0.25, -0.2) is 0 Å². The minimum absolute atomic E-state index is 1.37. The first-order valence-electron chi connectivity index (χ1n) is 24.6. The zero-order valence-corrected chi connectivity index (χ0v) is 36.0. The lowest BCUT2D eigenvalue weighted by atomic mass is 10.0. The van der Waals surface area contributed by atoms with E-state index in [2.05, 4.69) is 25.7 Å². The normalized spacial score (nSPS) is 11.8. The van der Waals surface area contributed by atoms with Gasteiger partial charge in [0.05, 0.1) is 0 Å². The second kappa shape index (κ2) is 47.0. The highest BCUT2D eigenvalue weighted by molar-refractivity contribution is 4.61. The molecule has 0 bridgehead atoms. The number of nitrogens with zero attached hydrogens (tertiary/aromatic N) is 1. The van der Waals surface area contributed by atoms with Crippen molar-refractivity contribution in [2.75, 3.05) is 19.6 Å². The van der Waals surface area contributed by atoms with E-state index >= 15 is 0 Å². The molecular weight excluding hydrogens is 603 g/mol. The molecule has 0 aromatic carbocycles. The summed E-state index contributed by atoms with van der Waals surface area (Å²) < 4.78 is 0. The van der Waals surface area contributed by atoms with E-state index in [4.69, 9.17) is 0 Å². The molecule has 1 heteroatoms. The molecule has 0 heterocycles. The lowest BCUT2D eigenvalue weighted by molar-refractivity contribution is 0.254. The lowest BCUT2D eigenvalue weighted by Gasteiger charge is -2.22. The van der Waals surface area contributed by atoms with Crippen LogP contribution in [0, 0.1) is 0 Å². The van der Waals surface area contributed by atoms with Crippen LogP contribution in [0.2, 0.25) is 0 Å². The van der Waals surface area contributed by atoms with Gasteiger partial charge in [-0.1, -0.05) is 278 Å².